The molecule has 0 aromatic carbocycles. The average molecular weight is 181 g/mol. The lowest BCUT2D eigenvalue weighted by Gasteiger charge is -2.01. The van der Waals surface area contributed by atoms with E-state index >= 15 is 0 Å². The van der Waals surface area contributed by atoms with Gasteiger partial charge in [-0.2, -0.15) is 0 Å². The van der Waals surface area contributed by atoms with Gasteiger partial charge in [0.25, 0.3) is 11.5 Å². The van der Waals surface area contributed by atoms with Crippen LogP contribution in [0, 0.1) is 6.92 Å². The molecule has 0 aliphatic heterocycles. The molecular weight excluding hydrogens is 170 g/mol. The SMILES string of the molecule is C=C(C)C(=O)Nc1[nH][nH]c(=O)c1C. The van der Waals surface area contributed by atoms with Crippen molar-refractivity contribution < 1.29 is 4.79 Å². The first kappa shape index (κ1) is 9.31. The van der Waals surface area contributed by atoms with Crippen molar-refractivity contribution >= 4 is 11.7 Å². The molecule has 0 saturated carbocycles. The van der Waals surface area contributed by atoms with E-state index in [-0.39, 0.29) is 11.5 Å². The van der Waals surface area contributed by atoms with Crippen LogP contribution in [0.1, 0.15) is 12.5 Å². The quantitative estimate of drug-likeness (QED) is 0.582. The molecule has 1 rings (SSSR count). The smallest absolute Gasteiger partial charge is 0.268 e. The minimum absolute atomic E-state index is 0.239. The summed E-state index contributed by atoms with van der Waals surface area (Å²) in [7, 11) is 0. The van der Waals surface area contributed by atoms with Crippen molar-refractivity contribution in [3.8, 4) is 0 Å². The van der Waals surface area contributed by atoms with Crippen molar-refractivity contribution in [3.63, 3.8) is 0 Å². The second kappa shape index (κ2) is 3.30. The largest absolute Gasteiger partial charge is 0.307 e. The van der Waals surface area contributed by atoms with Crippen molar-refractivity contribution in [3.05, 3.63) is 28.1 Å². The molecule has 1 aromatic heterocycles. The highest BCUT2D eigenvalue weighted by Crippen LogP contribution is 2.05. The first-order chi connectivity index (χ1) is 6.02. The fraction of sp³-hybridized carbons (Fsp3) is 0.250. The van der Waals surface area contributed by atoms with Gasteiger partial charge in [0.05, 0.1) is 5.56 Å². The third-order valence-electron chi connectivity index (χ3n) is 1.64. The molecule has 0 aliphatic carbocycles. The average Bonchev–Trinajstić information content (AvgIpc) is 2.36. The molecule has 70 valence electrons. The van der Waals surface area contributed by atoms with Gasteiger partial charge in [-0.1, -0.05) is 6.58 Å². The van der Waals surface area contributed by atoms with Gasteiger partial charge in [0.15, 0.2) is 0 Å². The number of rotatable bonds is 2. The number of nitrogens with one attached hydrogen (secondary N) is 3. The van der Waals surface area contributed by atoms with Crippen LogP contribution in [0.25, 0.3) is 0 Å². The van der Waals surface area contributed by atoms with E-state index in [4.69, 9.17) is 0 Å². The summed E-state index contributed by atoms with van der Waals surface area (Å²) in [6.45, 7) is 6.68. The Labute approximate surface area is 74.8 Å². The lowest BCUT2D eigenvalue weighted by atomic mass is 10.3. The number of carbonyl (C=O) groups is 1. The van der Waals surface area contributed by atoms with Gasteiger partial charge in [-0.05, 0) is 13.8 Å². The highest BCUT2D eigenvalue weighted by Gasteiger charge is 2.08. The Morgan fingerprint density at radius 2 is 2.08 bits per heavy atom. The van der Waals surface area contributed by atoms with Crippen molar-refractivity contribution in [2.24, 2.45) is 0 Å². The Morgan fingerprint density at radius 3 is 2.46 bits per heavy atom. The predicted octanol–water partition coefficient (Wildman–Crippen LogP) is 0.526. The first-order valence-corrected chi connectivity index (χ1v) is 3.76. The maximum Gasteiger partial charge on any atom is 0.268 e. The van der Waals surface area contributed by atoms with Gasteiger partial charge >= 0.3 is 0 Å². The standard InChI is InChI=1S/C8H11N3O2/c1-4(2)7(12)9-6-5(3)8(13)11-10-6/h1H2,2-3H3,(H3,9,10,11,12,13). The molecule has 5 nitrogen and oxygen atoms in total. The first-order valence-electron chi connectivity index (χ1n) is 3.76. The number of H-pyrrole nitrogens is 2. The van der Waals surface area contributed by atoms with E-state index in [0.717, 1.165) is 0 Å². The number of aromatic amines is 2. The highest BCUT2D eigenvalue weighted by molar-refractivity contribution is 6.02. The third kappa shape index (κ3) is 1.87. The summed E-state index contributed by atoms with van der Waals surface area (Å²) in [4.78, 5) is 22.1. The molecule has 0 fully saturated rings. The van der Waals surface area contributed by atoms with Gasteiger partial charge in [-0.25, -0.2) is 0 Å². The zero-order valence-electron chi connectivity index (χ0n) is 7.52. The molecule has 13 heavy (non-hydrogen) atoms. The summed E-state index contributed by atoms with van der Waals surface area (Å²) < 4.78 is 0. The monoisotopic (exact) mass is 181 g/mol. The number of aromatic nitrogens is 2. The van der Waals surface area contributed by atoms with Crippen LogP contribution in [-0.4, -0.2) is 16.1 Å². The van der Waals surface area contributed by atoms with Gasteiger partial charge in [-0.15, -0.1) is 0 Å². The molecule has 5 heteroatoms. The van der Waals surface area contributed by atoms with Crippen LogP contribution in [-0.2, 0) is 4.79 Å². The Bertz CT molecular complexity index is 400. The fourth-order valence-electron chi connectivity index (χ4n) is 0.766. The molecule has 0 bridgehead atoms. The Hall–Kier alpha value is -1.78. The lowest BCUT2D eigenvalue weighted by Crippen LogP contribution is -2.13. The maximum absolute atomic E-state index is 11.1. The van der Waals surface area contributed by atoms with Crippen LogP contribution in [0.5, 0.6) is 0 Å². The molecule has 1 heterocycles. The molecule has 3 N–H and O–H groups in total. The zero-order chi connectivity index (χ0) is 10.0. The van der Waals surface area contributed by atoms with Crippen LogP contribution in [0.4, 0.5) is 5.82 Å². The molecule has 1 amide bonds. The van der Waals surface area contributed by atoms with E-state index < -0.39 is 0 Å². The van der Waals surface area contributed by atoms with Gasteiger partial charge in [0.1, 0.15) is 5.82 Å². The number of hydrogen-bond donors (Lipinski definition) is 3. The van der Waals surface area contributed by atoms with E-state index in [2.05, 4.69) is 22.1 Å². The molecular formula is C8H11N3O2. The van der Waals surface area contributed by atoms with E-state index in [9.17, 15) is 9.59 Å². The minimum atomic E-state index is -0.307. The topological polar surface area (TPSA) is 77.8 Å². The van der Waals surface area contributed by atoms with Crippen LogP contribution in [0.15, 0.2) is 16.9 Å². The van der Waals surface area contributed by atoms with E-state index in [1.807, 2.05) is 0 Å². The molecule has 0 aliphatic rings. The lowest BCUT2D eigenvalue weighted by molar-refractivity contribution is -0.112. The van der Waals surface area contributed by atoms with Gasteiger partial charge in [-0.3, -0.25) is 19.8 Å². The molecule has 0 atom stereocenters. The molecule has 0 unspecified atom stereocenters. The Kier molecular flexibility index (Phi) is 2.36. The summed E-state index contributed by atoms with van der Waals surface area (Å²) in [6, 6.07) is 0. The number of carbonyl (C=O) groups excluding carboxylic acids is 1. The number of hydrogen-bond acceptors (Lipinski definition) is 2. The molecule has 0 saturated heterocycles. The molecule has 0 radical (unpaired) electrons. The van der Waals surface area contributed by atoms with Gasteiger partial charge in [0.2, 0.25) is 0 Å². The van der Waals surface area contributed by atoms with Gasteiger partial charge in [0, 0.05) is 5.57 Å². The maximum atomic E-state index is 11.1. The second-order valence-corrected chi connectivity index (χ2v) is 2.81. The van der Waals surface area contributed by atoms with Crippen LogP contribution in [0.2, 0.25) is 0 Å². The molecule has 1 aromatic rings. The Morgan fingerprint density at radius 1 is 1.46 bits per heavy atom. The summed E-state index contributed by atoms with van der Waals surface area (Å²) >= 11 is 0. The summed E-state index contributed by atoms with van der Waals surface area (Å²) in [6.07, 6.45) is 0. The van der Waals surface area contributed by atoms with Crippen LogP contribution < -0.4 is 10.9 Å². The van der Waals surface area contributed by atoms with E-state index in [0.29, 0.717) is 17.0 Å². The summed E-state index contributed by atoms with van der Waals surface area (Å²) in [5.41, 5.74) is 0.605. The minimum Gasteiger partial charge on any atom is -0.307 e. The second-order valence-electron chi connectivity index (χ2n) is 2.81. The number of anilines is 1. The zero-order valence-corrected chi connectivity index (χ0v) is 7.52. The predicted molar refractivity (Wildman–Crippen MR) is 49.6 cm³/mol. The number of amides is 1. The van der Waals surface area contributed by atoms with Crippen molar-refractivity contribution in [2.75, 3.05) is 5.32 Å². The molecule has 0 spiro atoms. The van der Waals surface area contributed by atoms with Crippen molar-refractivity contribution in [1.29, 1.82) is 0 Å². The Balaban J connectivity index is 2.87. The van der Waals surface area contributed by atoms with E-state index in [1.165, 1.54) is 0 Å². The highest BCUT2D eigenvalue weighted by atomic mass is 16.2. The van der Waals surface area contributed by atoms with Crippen LogP contribution in [0.3, 0.4) is 0 Å². The normalized spacial score (nSPS) is 9.69. The van der Waals surface area contributed by atoms with Crippen LogP contribution >= 0.6 is 0 Å². The third-order valence-corrected chi connectivity index (χ3v) is 1.64. The fourth-order valence-corrected chi connectivity index (χ4v) is 0.766. The van der Waals surface area contributed by atoms with E-state index in [1.54, 1.807) is 13.8 Å². The van der Waals surface area contributed by atoms with Gasteiger partial charge < -0.3 is 5.32 Å². The summed E-state index contributed by atoms with van der Waals surface area (Å²) in [5, 5.41) is 7.41. The summed E-state index contributed by atoms with van der Waals surface area (Å²) in [5.74, 6) is 0.0800. The van der Waals surface area contributed by atoms with Crippen molar-refractivity contribution in [2.45, 2.75) is 13.8 Å². The van der Waals surface area contributed by atoms with Crippen molar-refractivity contribution in [1.82, 2.24) is 10.2 Å².